The van der Waals surface area contributed by atoms with Gasteiger partial charge in [-0.15, -0.1) is 0 Å². The Kier molecular flexibility index (Phi) is 5.72. The maximum atomic E-state index is 13.0. The second-order valence-electron chi connectivity index (χ2n) is 8.37. The fourth-order valence-corrected chi connectivity index (χ4v) is 4.43. The highest BCUT2D eigenvalue weighted by Gasteiger charge is 2.33. The zero-order chi connectivity index (χ0) is 25.4. The van der Waals surface area contributed by atoms with Crippen LogP contribution in [0.25, 0.3) is 0 Å². The molecule has 11 heteroatoms. The summed E-state index contributed by atoms with van der Waals surface area (Å²) in [6.07, 6.45) is 3.08. The van der Waals surface area contributed by atoms with Gasteiger partial charge in [-0.05, 0) is 35.2 Å². The molecule has 0 unspecified atom stereocenters. The highest BCUT2D eigenvalue weighted by atomic mass is 16.5. The van der Waals surface area contributed by atoms with Crippen LogP contribution in [0.15, 0.2) is 70.3 Å². The number of rotatable bonds is 5. The molecule has 11 nitrogen and oxygen atoms in total. The molecule has 3 heterocycles. The first-order chi connectivity index (χ1) is 17.3. The number of primary amides is 1. The number of hydrogen-bond acceptors (Lipinski definition) is 8. The Bertz CT molecular complexity index is 1510. The number of aromatic hydroxyl groups is 1. The summed E-state index contributed by atoms with van der Waals surface area (Å²) in [4.78, 5) is 44.1. The number of anilines is 2. The summed E-state index contributed by atoms with van der Waals surface area (Å²) in [5, 5.41) is 16.5. The van der Waals surface area contributed by atoms with Crippen LogP contribution in [0, 0.1) is 0 Å². The highest BCUT2D eigenvalue weighted by Crippen LogP contribution is 2.38. The summed E-state index contributed by atoms with van der Waals surface area (Å²) >= 11 is 0. The maximum Gasteiger partial charge on any atom is 0.297 e. The van der Waals surface area contributed by atoms with Gasteiger partial charge in [-0.2, -0.15) is 0 Å². The van der Waals surface area contributed by atoms with E-state index in [9.17, 15) is 19.5 Å². The summed E-state index contributed by atoms with van der Waals surface area (Å²) in [6.45, 7) is 0.459. The molecule has 1 aliphatic rings. The number of carbonyl (C=O) groups is 2. The van der Waals surface area contributed by atoms with Crippen molar-refractivity contribution in [1.82, 2.24) is 14.7 Å². The molecule has 1 atom stereocenters. The molecule has 2 amide bonds. The van der Waals surface area contributed by atoms with Crippen LogP contribution in [0.5, 0.6) is 5.75 Å². The number of carbonyl (C=O) groups excluding carboxylic acids is 2. The lowest BCUT2D eigenvalue weighted by Gasteiger charge is -2.39. The molecule has 5 rings (SSSR count). The van der Waals surface area contributed by atoms with E-state index < -0.39 is 34.9 Å². The largest absolute Gasteiger partial charge is 0.501 e. The first-order valence-electron chi connectivity index (χ1n) is 11.1. The van der Waals surface area contributed by atoms with E-state index >= 15 is 0 Å². The SMILES string of the molecule is Cn1c(N2CCc3ccc(C(N)=O)cc3[C@H]2c2ccccc2)nc(C(=O)Nc2cnoc2)c(O)c1=O. The molecule has 1 aliphatic heterocycles. The van der Waals surface area contributed by atoms with Crippen molar-refractivity contribution in [2.45, 2.75) is 12.5 Å². The molecule has 182 valence electrons. The summed E-state index contributed by atoms with van der Waals surface area (Å²) in [5.41, 5.74) is 7.70. The van der Waals surface area contributed by atoms with Gasteiger partial charge >= 0.3 is 0 Å². The molecule has 36 heavy (non-hydrogen) atoms. The third-order valence-electron chi connectivity index (χ3n) is 6.18. The average molecular weight is 486 g/mol. The molecule has 0 spiro atoms. The quantitative estimate of drug-likeness (QED) is 0.386. The van der Waals surface area contributed by atoms with Crippen LogP contribution >= 0.6 is 0 Å². The van der Waals surface area contributed by atoms with Crippen molar-refractivity contribution >= 4 is 23.5 Å². The number of amides is 2. The fourth-order valence-electron chi connectivity index (χ4n) is 4.43. The molecular formula is C25H22N6O5. The summed E-state index contributed by atoms with van der Waals surface area (Å²) in [5.74, 6) is -1.94. The van der Waals surface area contributed by atoms with Crippen LogP contribution in [0.2, 0.25) is 0 Å². The Morgan fingerprint density at radius 3 is 2.67 bits per heavy atom. The van der Waals surface area contributed by atoms with Crippen molar-refractivity contribution in [3.8, 4) is 5.75 Å². The van der Waals surface area contributed by atoms with Gasteiger partial charge < -0.3 is 25.6 Å². The van der Waals surface area contributed by atoms with Crippen molar-refractivity contribution in [3.05, 3.63) is 99.3 Å². The van der Waals surface area contributed by atoms with Gasteiger partial charge in [0, 0.05) is 19.2 Å². The lowest BCUT2D eigenvalue weighted by atomic mass is 9.87. The minimum Gasteiger partial charge on any atom is -0.501 e. The van der Waals surface area contributed by atoms with Crippen molar-refractivity contribution in [3.63, 3.8) is 0 Å². The van der Waals surface area contributed by atoms with E-state index in [1.807, 2.05) is 41.3 Å². The number of benzene rings is 2. The summed E-state index contributed by atoms with van der Waals surface area (Å²) < 4.78 is 5.91. The molecule has 4 aromatic rings. The second kappa shape index (κ2) is 9.02. The van der Waals surface area contributed by atoms with E-state index in [1.165, 1.54) is 24.1 Å². The van der Waals surface area contributed by atoms with Crippen LogP contribution < -0.4 is 21.5 Å². The van der Waals surface area contributed by atoms with Crippen molar-refractivity contribution in [1.29, 1.82) is 0 Å². The molecule has 0 aliphatic carbocycles. The second-order valence-corrected chi connectivity index (χ2v) is 8.37. The lowest BCUT2D eigenvalue weighted by Crippen LogP contribution is -2.41. The highest BCUT2D eigenvalue weighted by molar-refractivity contribution is 6.04. The van der Waals surface area contributed by atoms with Crippen LogP contribution in [-0.2, 0) is 13.5 Å². The Balaban J connectivity index is 1.66. The lowest BCUT2D eigenvalue weighted by molar-refractivity contribution is 0.0996. The zero-order valence-electron chi connectivity index (χ0n) is 19.2. The minimum absolute atomic E-state index is 0.178. The molecule has 4 N–H and O–H groups in total. The molecule has 2 aromatic carbocycles. The predicted octanol–water partition coefficient (Wildman–Crippen LogP) is 1.98. The smallest absolute Gasteiger partial charge is 0.297 e. The van der Waals surface area contributed by atoms with Crippen LogP contribution in [-0.4, -0.2) is 38.2 Å². The molecule has 0 radical (unpaired) electrons. The minimum atomic E-state index is -0.792. The molecule has 2 aromatic heterocycles. The van der Waals surface area contributed by atoms with Gasteiger partial charge in [0.2, 0.25) is 17.6 Å². The summed E-state index contributed by atoms with van der Waals surface area (Å²) in [7, 11) is 1.48. The number of nitrogens with zero attached hydrogens (tertiary/aromatic N) is 4. The Morgan fingerprint density at radius 2 is 1.97 bits per heavy atom. The standard InChI is InChI=1S/C25H22N6O5/c1-30-24(35)21(32)19(23(34)28-17-12-27-36-13-17)29-25(30)31-10-9-14-7-8-16(22(26)33)11-18(14)20(31)15-5-3-2-4-6-15/h2-8,11-13,20,32H,9-10H2,1H3,(H2,26,33)(H,28,34)/t20-/m1/s1. The van der Waals surface area contributed by atoms with Crippen LogP contribution in [0.4, 0.5) is 11.6 Å². The van der Waals surface area contributed by atoms with Crippen LogP contribution in [0.3, 0.4) is 0 Å². The fraction of sp³-hybridized carbons (Fsp3) is 0.160. The summed E-state index contributed by atoms with van der Waals surface area (Å²) in [6, 6.07) is 14.4. The van der Waals surface area contributed by atoms with Gasteiger partial charge in [0.15, 0.2) is 5.69 Å². The Morgan fingerprint density at radius 1 is 1.19 bits per heavy atom. The number of nitrogens with one attached hydrogen (secondary N) is 1. The van der Waals surface area contributed by atoms with Crippen LogP contribution in [0.1, 0.15) is 43.6 Å². The molecule has 0 bridgehead atoms. The van der Waals surface area contributed by atoms with Gasteiger partial charge in [-0.3, -0.25) is 19.0 Å². The van der Waals surface area contributed by atoms with Crippen molar-refractivity contribution < 1.29 is 19.2 Å². The normalized spacial score (nSPS) is 14.8. The number of nitrogens with two attached hydrogens (primary N) is 1. The number of hydrogen-bond donors (Lipinski definition) is 3. The zero-order valence-corrected chi connectivity index (χ0v) is 19.2. The van der Waals surface area contributed by atoms with E-state index in [1.54, 1.807) is 12.1 Å². The Hall–Kier alpha value is -4.93. The van der Waals surface area contributed by atoms with E-state index in [4.69, 9.17) is 10.3 Å². The van der Waals surface area contributed by atoms with Gasteiger partial charge in [-0.25, -0.2) is 4.98 Å². The van der Waals surface area contributed by atoms with Gasteiger partial charge in [0.1, 0.15) is 12.0 Å². The first kappa shape index (κ1) is 22.8. The molecule has 0 saturated heterocycles. The molecule has 0 fully saturated rings. The molecule has 0 saturated carbocycles. The van der Waals surface area contributed by atoms with Crippen molar-refractivity contribution in [2.24, 2.45) is 12.8 Å². The third-order valence-corrected chi connectivity index (χ3v) is 6.18. The van der Waals surface area contributed by atoms with E-state index in [2.05, 4.69) is 15.5 Å². The third kappa shape index (κ3) is 3.96. The van der Waals surface area contributed by atoms with E-state index in [0.717, 1.165) is 16.7 Å². The van der Waals surface area contributed by atoms with Crippen molar-refractivity contribution in [2.75, 3.05) is 16.8 Å². The first-order valence-corrected chi connectivity index (χ1v) is 11.1. The van der Waals surface area contributed by atoms with E-state index in [-0.39, 0.29) is 11.6 Å². The number of aromatic nitrogens is 3. The van der Waals surface area contributed by atoms with Gasteiger partial charge in [0.05, 0.1) is 12.2 Å². The topological polar surface area (TPSA) is 157 Å². The average Bonchev–Trinajstić information content (AvgIpc) is 3.40. The maximum absolute atomic E-state index is 13.0. The monoisotopic (exact) mass is 486 g/mol. The van der Waals surface area contributed by atoms with Gasteiger partial charge in [-0.1, -0.05) is 41.6 Å². The predicted molar refractivity (Wildman–Crippen MR) is 130 cm³/mol. The molecular weight excluding hydrogens is 464 g/mol. The van der Waals surface area contributed by atoms with Gasteiger partial charge in [0.25, 0.3) is 11.5 Å². The Labute approximate surface area is 204 Å². The number of fused-ring (bicyclic) bond motifs is 1. The van der Waals surface area contributed by atoms with E-state index in [0.29, 0.717) is 18.5 Å².